The zero-order chi connectivity index (χ0) is 22.9. The highest BCUT2D eigenvalue weighted by Gasteiger charge is 2.25. The van der Waals surface area contributed by atoms with E-state index < -0.39 is 11.2 Å². The summed E-state index contributed by atoms with van der Waals surface area (Å²) >= 11 is 0. The molecule has 8 heteroatoms. The van der Waals surface area contributed by atoms with Gasteiger partial charge in [-0.05, 0) is 29.5 Å². The molecular formula is C25H28N6O2. The van der Waals surface area contributed by atoms with Crippen LogP contribution in [0.2, 0.25) is 0 Å². The number of imidazole rings is 1. The van der Waals surface area contributed by atoms with E-state index in [1.807, 2.05) is 34.9 Å². The first-order valence-electron chi connectivity index (χ1n) is 11.4. The molecule has 5 rings (SSSR count). The minimum Gasteiger partial charge on any atom is -0.351 e. The highest BCUT2D eigenvalue weighted by atomic mass is 16.2. The van der Waals surface area contributed by atoms with Crippen molar-refractivity contribution in [2.24, 2.45) is 12.8 Å². The second-order valence-corrected chi connectivity index (χ2v) is 8.73. The highest BCUT2D eigenvalue weighted by Crippen LogP contribution is 2.28. The number of aromatic amines is 1. The third-order valence-electron chi connectivity index (χ3n) is 6.57. The largest absolute Gasteiger partial charge is 0.351 e. The molecular weight excluding hydrogens is 416 g/mol. The Kier molecular flexibility index (Phi) is 5.60. The van der Waals surface area contributed by atoms with Crippen molar-refractivity contribution in [2.75, 3.05) is 5.32 Å². The van der Waals surface area contributed by atoms with Crippen LogP contribution in [0.3, 0.4) is 0 Å². The molecule has 170 valence electrons. The third kappa shape index (κ3) is 3.98. The molecule has 2 aromatic carbocycles. The molecule has 2 aromatic heterocycles. The normalized spacial score (nSPS) is 18.5. The second kappa shape index (κ2) is 8.71. The summed E-state index contributed by atoms with van der Waals surface area (Å²) in [7, 11) is 1.62. The van der Waals surface area contributed by atoms with Crippen molar-refractivity contribution < 1.29 is 0 Å². The van der Waals surface area contributed by atoms with E-state index in [4.69, 9.17) is 10.7 Å². The average Bonchev–Trinajstić information content (AvgIpc) is 3.18. The number of aromatic nitrogens is 4. The van der Waals surface area contributed by atoms with E-state index in [2.05, 4.69) is 34.6 Å². The number of hydrogen-bond donors (Lipinski definition) is 3. The van der Waals surface area contributed by atoms with E-state index in [0.29, 0.717) is 23.7 Å². The van der Waals surface area contributed by atoms with E-state index in [1.165, 1.54) is 4.57 Å². The van der Waals surface area contributed by atoms with Crippen LogP contribution in [0.25, 0.3) is 22.3 Å². The number of rotatable bonds is 5. The Morgan fingerprint density at radius 1 is 1.06 bits per heavy atom. The van der Waals surface area contributed by atoms with Gasteiger partial charge in [0.2, 0.25) is 5.95 Å². The minimum absolute atomic E-state index is 0.0192. The predicted octanol–water partition coefficient (Wildman–Crippen LogP) is 2.82. The zero-order valence-electron chi connectivity index (χ0n) is 18.6. The number of H-pyrrole nitrogens is 1. The number of benzene rings is 2. The van der Waals surface area contributed by atoms with E-state index >= 15 is 0 Å². The van der Waals surface area contributed by atoms with Gasteiger partial charge in [-0.2, -0.15) is 4.98 Å². The monoisotopic (exact) mass is 444 g/mol. The Balaban J connectivity index is 1.65. The summed E-state index contributed by atoms with van der Waals surface area (Å²) in [5.41, 5.74) is 9.41. The van der Waals surface area contributed by atoms with Gasteiger partial charge >= 0.3 is 5.69 Å². The molecule has 1 fully saturated rings. The van der Waals surface area contributed by atoms with Crippen LogP contribution in [0.4, 0.5) is 5.95 Å². The van der Waals surface area contributed by atoms with Crippen LogP contribution >= 0.6 is 0 Å². The van der Waals surface area contributed by atoms with Crippen molar-refractivity contribution in [1.82, 2.24) is 19.1 Å². The van der Waals surface area contributed by atoms with Crippen molar-refractivity contribution in [1.29, 1.82) is 0 Å². The lowest BCUT2D eigenvalue weighted by Crippen LogP contribution is -2.43. The molecule has 1 saturated carbocycles. The Morgan fingerprint density at radius 2 is 1.79 bits per heavy atom. The maximum Gasteiger partial charge on any atom is 0.329 e. The summed E-state index contributed by atoms with van der Waals surface area (Å²) < 4.78 is 3.25. The molecule has 0 unspecified atom stereocenters. The standard InChI is InChI=1S/C25H28N6O2/c1-30-22-21(23(32)29-25(30)33)31(24(28-22)27-20-14-8-7-13-19(20)26)15-17-11-5-6-12-18(17)16-9-3-2-4-10-16/h2-6,9-12,19-20H,7-8,13-15,26H2,1H3,(H,27,28)(H,29,32,33)/t19-,20+/m1/s1. The molecule has 33 heavy (non-hydrogen) atoms. The first-order chi connectivity index (χ1) is 16.0. The molecule has 0 bridgehead atoms. The molecule has 0 spiro atoms. The van der Waals surface area contributed by atoms with Crippen LogP contribution in [0, 0.1) is 0 Å². The summed E-state index contributed by atoms with van der Waals surface area (Å²) in [6, 6.07) is 18.4. The van der Waals surface area contributed by atoms with Crippen LogP contribution < -0.4 is 22.3 Å². The number of aryl methyl sites for hydroxylation is 1. The average molecular weight is 445 g/mol. The maximum absolute atomic E-state index is 12.9. The van der Waals surface area contributed by atoms with Crippen molar-refractivity contribution in [2.45, 2.75) is 44.3 Å². The fourth-order valence-corrected chi connectivity index (χ4v) is 4.73. The lowest BCUT2D eigenvalue weighted by atomic mass is 9.91. The number of nitrogens with zero attached hydrogens (tertiary/aromatic N) is 3. The van der Waals surface area contributed by atoms with E-state index in [-0.39, 0.29) is 12.1 Å². The molecule has 2 atom stereocenters. The topological polar surface area (TPSA) is 111 Å². The van der Waals surface area contributed by atoms with Gasteiger partial charge in [0, 0.05) is 19.1 Å². The van der Waals surface area contributed by atoms with Gasteiger partial charge in [-0.25, -0.2) is 4.79 Å². The van der Waals surface area contributed by atoms with Gasteiger partial charge in [0.1, 0.15) is 0 Å². The molecule has 0 radical (unpaired) electrons. The molecule has 1 aliphatic rings. The molecule has 0 aliphatic heterocycles. The Labute approximate surface area is 191 Å². The van der Waals surface area contributed by atoms with Crippen LogP contribution in [0.15, 0.2) is 64.2 Å². The summed E-state index contributed by atoms with van der Waals surface area (Å²) in [4.78, 5) is 32.3. The fourth-order valence-electron chi connectivity index (χ4n) is 4.73. The lowest BCUT2D eigenvalue weighted by Gasteiger charge is -2.29. The van der Waals surface area contributed by atoms with Gasteiger partial charge in [-0.15, -0.1) is 0 Å². The number of hydrogen-bond acceptors (Lipinski definition) is 5. The molecule has 4 aromatic rings. The Bertz CT molecular complexity index is 1400. The zero-order valence-corrected chi connectivity index (χ0v) is 18.6. The fraction of sp³-hybridized carbons (Fsp3) is 0.320. The van der Waals surface area contributed by atoms with Gasteiger partial charge in [0.05, 0.1) is 6.54 Å². The first-order valence-corrected chi connectivity index (χ1v) is 11.4. The van der Waals surface area contributed by atoms with Crippen LogP contribution in [-0.4, -0.2) is 31.2 Å². The molecule has 4 N–H and O–H groups in total. The number of fused-ring (bicyclic) bond motifs is 1. The van der Waals surface area contributed by atoms with Gasteiger partial charge in [0.25, 0.3) is 5.56 Å². The second-order valence-electron chi connectivity index (χ2n) is 8.73. The highest BCUT2D eigenvalue weighted by molar-refractivity contribution is 5.75. The molecule has 1 aliphatic carbocycles. The maximum atomic E-state index is 12.9. The molecule has 2 heterocycles. The lowest BCUT2D eigenvalue weighted by molar-refractivity contribution is 0.401. The third-order valence-corrected chi connectivity index (χ3v) is 6.57. The van der Waals surface area contributed by atoms with Gasteiger partial charge in [0.15, 0.2) is 11.2 Å². The van der Waals surface area contributed by atoms with Gasteiger partial charge in [-0.3, -0.25) is 18.9 Å². The van der Waals surface area contributed by atoms with E-state index in [9.17, 15) is 9.59 Å². The van der Waals surface area contributed by atoms with Crippen molar-refractivity contribution in [3.63, 3.8) is 0 Å². The summed E-state index contributed by atoms with van der Waals surface area (Å²) in [5, 5.41) is 3.50. The first kappa shape index (κ1) is 21.2. The van der Waals surface area contributed by atoms with Gasteiger partial charge < -0.3 is 11.1 Å². The van der Waals surface area contributed by atoms with Crippen LogP contribution in [0.5, 0.6) is 0 Å². The minimum atomic E-state index is -0.484. The molecule has 0 amide bonds. The molecule has 0 saturated heterocycles. The smallest absolute Gasteiger partial charge is 0.329 e. The quantitative estimate of drug-likeness (QED) is 0.438. The number of anilines is 1. The number of nitrogens with two attached hydrogens (primary N) is 1. The summed E-state index contributed by atoms with van der Waals surface area (Å²) in [6.45, 7) is 0.424. The van der Waals surface area contributed by atoms with E-state index in [0.717, 1.165) is 42.4 Å². The predicted molar refractivity (Wildman–Crippen MR) is 130 cm³/mol. The summed E-state index contributed by atoms with van der Waals surface area (Å²) in [6.07, 6.45) is 4.12. The Morgan fingerprint density at radius 3 is 2.58 bits per heavy atom. The Hall–Kier alpha value is -3.65. The van der Waals surface area contributed by atoms with Crippen LogP contribution in [-0.2, 0) is 13.6 Å². The SMILES string of the molecule is Cn1c(=O)[nH]c(=O)c2c1nc(N[C@H]1CCCC[C@H]1N)n2Cc1ccccc1-c1ccccc1. The van der Waals surface area contributed by atoms with Crippen LogP contribution in [0.1, 0.15) is 31.2 Å². The van der Waals surface area contributed by atoms with Gasteiger partial charge in [-0.1, -0.05) is 67.4 Å². The van der Waals surface area contributed by atoms with Crippen molar-refractivity contribution in [3.05, 3.63) is 81.0 Å². The summed E-state index contributed by atoms with van der Waals surface area (Å²) in [5.74, 6) is 0.557. The molecule has 8 nitrogen and oxygen atoms in total. The van der Waals surface area contributed by atoms with Crippen molar-refractivity contribution in [3.8, 4) is 11.1 Å². The number of nitrogens with one attached hydrogen (secondary N) is 2. The van der Waals surface area contributed by atoms with E-state index in [1.54, 1.807) is 7.05 Å². The van der Waals surface area contributed by atoms with Crippen molar-refractivity contribution >= 4 is 17.1 Å².